The molecule has 128 valence electrons. The first-order chi connectivity index (χ1) is 11.7. The third-order valence-corrected chi connectivity index (χ3v) is 3.02. The number of phenols is 1. The van der Waals surface area contributed by atoms with Crippen molar-refractivity contribution in [3.05, 3.63) is 66.2 Å². The fourth-order valence-corrected chi connectivity index (χ4v) is 1.71. The van der Waals surface area contributed by atoms with Gasteiger partial charge in [0.25, 0.3) is 0 Å². The zero-order chi connectivity index (χ0) is 17.6. The van der Waals surface area contributed by atoms with Gasteiger partial charge in [-0.3, -0.25) is 0 Å². The van der Waals surface area contributed by atoms with E-state index < -0.39 is 0 Å². The van der Waals surface area contributed by atoms with Gasteiger partial charge in [-0.1, -0.05) is 55.8 Å². The zero-order valence-electron chi connectivity index (χ0n) is 14.1. The molecule has 2 aromatic carbocycles. The second-order valence-corrected chi connectivity index (χ2v) is 4.94. The third kappa shape index (κ3) is 8.03. The van der Waals surface area contributed by atoms with Crippen molar-refractivity contribution in [2.45, 2.75) is 19.8 Å². The molecular formula is C20H24O4. The van der Waals surface area contributed by atoms with Gasteiger partial charge in [0.2, 0.25) is 0 Å². The monoisotopic (exact) mass is 328 g/mol. The van der Waals surface area contributed by atoms with Crippen LogP contribution in [-0.4, -0.2) is 24.8 Å². The Morgan fingerprint density at radius 3 is 2.29 bits per heavy atom. The topological polar surface area (TPSA) is 55.8 Å². The standard InChI is InChI=1S/C14H18O4.C6H6/c1-3-4-9-18-14(16)8-6-11-5-7-12(15)13(10-11)17-2;1-2-4-6-5-3-1/h5-8,10,15H,3-4,9H2,1-2H3;1-6H. The molecule has 0 unspecified atom stereocenters. The van der Waals surface area contributed by atoms with Crippen LogP contribution in [0.1, 0.15) is 25.3 Å². The molecule has 0 fully saturated rings. The number of esters is 1. The van der Waals surface area contributed by atoms with Crippen LogP contribution in [0.25, 0.3) is 6.08 Å². The van der Waals surface area contributed by atoms with E-state index in [1.807, 2.05) is 43.3 Å². The van der Waals surface area contributed by atoms with Crippen molar-refractivity contribution < 1.29 is 19.4 Å². The third-order valence-electron chi connectivity index (χ3n) is 3.02. The summed E-state index contributed by atoms with van der Waals surface area (Å²) in [5.41, 5.74) is 0.761. The van der Waals surface area contributed by atoms with Crippen LogP contribution in [-0.2, 0) is 9.53 Å². The van der Waals surface area contributed by atoms with E-state index in [-0.39, 0.29) is 11.7 Å². The number of benzene rings is 2. The Morgan fingerprint density at radius 2 is 1.75 bits per heavy atom. The number of aromatic hydroxyl groups is 1. The second kappa shape index (κ2) is 11.8. The van der Waals surface area contributed by atoms with E-state index in [4.69, 9.17) is 9.47 Å². The second-order valence-electron chi connectivity index (χ2n) is 4.94. The Kier molecular flexibility index (Phi) is 9.46. The maximum Gasteiger partial charge on any atom is 0.330 e. The molecule has 0 aliphatic heterocycles. The molecule has 0 saturated carbocycles. The average molecular weight is 328 g/mol. The lowest BCUT2D eigenvalue weighted by Gasteiger charge is -2.03. The highest BCUT2D eigenvalue weighted by Crippen LogP contribution is 2.26. The summed E-state index contributed by atoms with van der Waals surface area (Å²) in [6.45, 7) is 2.48. The summed E-state index contributed by atoms with van der Waals surface area (Å²) in [6, 6.07) is 16.8. The van der Waals surface area contributed by atoms with E-state index in [1.165, 1.54) is 19.3 Å². The minimum atomic E-state index is -0.365. The summed E-state index contributed by atoms with van der Waals surface area (Å²) in [6.07, 6.45) is 4.84. The van der Waals surface area contributed by atoms with Gasteiger partial charge in [-0.15, -0.1) is 0 Å². The van der Waals surface area contributed by atoms with Crippen LogP contribution in [0.4, 0.5) is 0 Å². The Morgan fingerprint density at radius 1 is 1.12 bits per heavy atom. The first-order valence-corrected chi connectivity index (χ1v) is 7.89. The average Bonchev–Trinajstić information content (AvgIpc) is 2.63. The molecule has 0 aliphatic carbocycles. The van der Waals surface area contributed by atoms with Gasteiger partial charge in [0.1, 0.15) is 0 Å². The Bertz CT molecular complexity index is 594. The van der Waals surface area contributed by atoms with Crippen LogP contribution in [0, 0.1) is 0 Å². The van der Waals surface area contributed by atoms with Crippen molar-refractivity contribution in [3.63, 3.8) is 0 Å². The zero-order valence-corrected chi connectivity index (χ0v) is 14.1. The highest BCUT2D eigenvalue weighted by molar-refractivity contribution is 5.87. The van der Waals surface area contributed by atoms with E-state index >= 15 is 0 Å². The number of ether oxygens (including phenoxy) is 2. The predicted molar refractivity (Wildman–Crippen MR) is 96.0 cm³/mol. The SMILES string of the molecule is CCCCOC(=O)C=Cc1ccc(O)c(OC)c1.c1ccccc1. The van der Waals surface area contributed by atoms with Gasteiger partial charge in [-0.25, -0.2) is 4.79 Å². The lowest BCUT2D eigenvalue weighted by atomic mass is 10.2. The van der Waals surface area contributed by atoms with Gasteiger partial charge in [-0.2, -0.15) is 0 Å². The van der Waals surface area contributed by atoms with Gasteiger partial charge in [0.05, 0.1) is 13.7 Å². The lowest BCUT2D eigenvalue weighted by Crippen LogP contribution is -2.01. The van der Waals surface area contributed by atoms with E-state index in [1.54, 1.807) is 18.2 Å². The molecule has 0 spiro atoms. The van der Waals surface area contributed by atoms with Crippen LogP contribution in [0.2, 0.25) is 0 Å². The highest BCUT2D eigenvalue weighted by atomic mass is 16.5. The van der Waals surface area contributed by atoms with Gasteiger partial charge in [0, 0.05) is 6.08 Å². The largest absolute Gasteiger partial charge is 0.504 e. The summed E-state index contributed by atoms with van der Waals surface area (Å²) in [7, 11) is 1.47. The number of carbonyl (C=O) groups is 1. The van der Waals surface area contributed by atoms with Crippen molar-refractivity contribution in [2.24, 2.45) is 0 Å². The maximum absolute atomic E-state index is 11.3. The number of carbonyl (C=O) groups excluding carboxylic acids is 1. The molecule has 0 radical (unpaired) electrons. The Labute approximate surface area is 143 Å². The van der Waals surface area contributed by atoms with Crippen LogP contribution < -0.4 is 4.74 Å². The Hall–Kier alpha value is -2.75. The highest BCUT2D eigenvalue weighted by Gasteiger charge is 2.01. The van der Waals surface area contributed by atoms with Crippen molar-refractivity contribution in [3.8, 4) is 11.5 Å². The molecule has 24 heavy (non-hydrogen) atoms. The number of unbranched alkanes of at least 4 members (excludes halogenated alkanes) is 1. The van der Waals surface area contributed by atoms with Crippen LogP contribution in [0.5, 0.6) is 11.5 Å². The van der Waals surface area contributed by atoms with Crippen molar-refractivity contribution in [1.82, 2.24) is 0 Å². The predicted octanol–water partition coefficient (Wildman–Crippen LogP) is 4.44. The molecule has 0 saturated heterocycles. The van der Waals surface area contributed by atoms with Crippen LogP contribution in [0.3, 0.4) is 0 Å². The molecule has 0 heterocycles. The minimum Gasteiger partial charge on any atom is -0.504 e. The first-order valence-electron chi connectivity index (χ1n) is 7.89. The van der Waals surface area contributed by atoms with Crippen molar-refractivity contribution in [2.75, 3.05) is 13.7 Å². The van der Waals surface area contributed by atoms with Gasteiger partial charge in [-0.05, 0) is 30.2 Å². The maximum atomic E-state index is 11.3. The number of hydrogen-bond acceptors (Lipinski definition) is 4. The molecule has 0 atom stereocenters. The molecule has 0 aromatic heterocycles. The quantitative estimate of drug-likeness (QED) is 0.484. The smallest absolute Gasteiger partial charge is 0.330 e. The summed E-state index contributed by atoms with van der Waals surface area (Å²) < 4.78 is 9.95. The first kappa shape index (κ1) is 19.3. The number of hydrogen-bond donors (Lipinski definition) is 1. The van der Waals surface area contributed by atoms with E-state index in [0.717, 1.165) is 18.4 Å². The molecule has 2 aromatic rings. The summed E-state index contributed by atoms with van der Waals surface area (Å²) in [5.74, 6) is 0.0761. The molecule has 2 rings (SSSR count). The van der Waals surface area contributed by atoms with E-state index in [0.29, 0.717) is 12.4 Å². The number of rotatable bonds is 6. The molecule has 0 aliphatic rings. The molecule has 1 N–H and O–H groups in total. The van der Waals surface area contributed by atoms with Crippen molar-refractivity contribution >= 4 is 12.0 Å². The van der Waals surface area contributed by atoms with Crippen LogP contribution in [0.15, 0.2) is 60.7 Å². The number of methoxy groups -OCH3 is 1. The Balaban J connectivity index is 0.000000400. The normalized spacial score (nSPS) is 9.92. The lowest BCUT2D eigenvalue weighted by molar-refractivity contribution is -0.137. The molecule has 0 bridgehead atoms. The van der Waals surface area contributed by atoms with Crippen molar-refractivity contribution in [1.29, 1.82) is 0 Å². The fraction of sp³-hybridized carbons (Fsp3) is 0.250. The van der Waals surface area contributed by atoms with E-state index in [2.05, 4.69) is 0 Å². The fourth-order valence-electron chi connectivity index (χ4n) is 1.71. The van der Waals surface area contributed by atoms with E-state index in [9.17, 15) is 9.90 Å². The van der Waals surface area contributed by atoms with Gasteiger partial charge in [0.15, 0.2) is 11.5 Å². The van der Waals surface area contributed by atoms with Gasteiger partial charge < -0.3 is 14.6 Å². The molecule has 4 heteroatoms. The summed E-state index contributed by atoms with van der Waals surface area (Å²) in [5, 5.41) is 9.41. The minimum absolute atomic E-state index is 0.0696. The summed E-state index contributed by atoms with van der Waals surface area (Å²) in [4.78, 5) is 11.3. The van der Waals surface area contributed by atoms with Crippen LogP contribution >= 0.6 is 0 Å². The molecule has 4 nitrogen and oxygen atoms in total. The molecule has 0 amide bonds. The summed E-state index contributed by atoms with van der Waals surface area (Å²) >= 11 is 0. The number of phenolic OH excluding ortho intramolecular Hbond substituents is 1. The van der Waals surface area contributed by atoms with Gasteiger partial charge >= 0.3 is 5.97 Å². The molecular weight excluding hydrogens is 304 g/mol.